The topological polar surface area (TPSA) is 0 Å². The van der Waals surface area contributed by atoms with Crippen LogP contribution in [0.25, 0.3) is 0 Å². The predicted octanol–water partition coefficient (Wildman–Crippen LogP) is 3.96. The highest BCUT2D eigenvalue weighted by molar-refractivity contribution is 5.44. The van der Waals surface area contributed by atoms with E-state index in [-0.39, 0.29) is 0 Å². The van der Waals surface area contributed by atoms with E-state index in [4.69, 9.17) is 0 Å². The molecule has 0 unspecified atom stereocenters. The molecule has 0 radical (unpaired) electrons. The van der Waals surface area contributed by atoms with Crippen LogP contribution in [0.5, 0.6) is 0 Å². The van der Waals surface area contributed by atoms with Crippen LogP contribution in [0, 0.1) is 51.8 Å². The van der Waals surface area contributed by atoms with Crippen molar-refractivity contribution in [1.82, 2.24) is 0 Å². The maximum atomic E-state index is 2.62. The summed E-state index contributed by atoms with van der Waals surface area (Å²) in [4.78, 5) is 0. The van der Waals surface area contributed by atoms with Crippen molar-refractivity contribution in [3.05, 3.63) is 0 Å². The minimum absolute atomic E-state index is 0.654. The molecular weight excluding hydrogens is 192 g/mol. The largest absolute Gasteiger partial charge is 0.0588 e. The first-order valence-corrected chi connectivity index (χ1v) is 7.48. The summed E-state index contributed by atoms with van der Waals surface area (Å²) in [5, 5.41) is 0. The Hall–Kier alpha value is 0. The van der Waals surface area contributed by atoms with Gasteiger partial charge in [0.2, 0.25) is 0 Å². The molecule has 88 valence electrons. The van der Waals surface area contributed by atoms with Crippen molar-refractivity contribution in [2.75, 3.05) is 0 Å². The molecule has 0 aromatic heterocycles. The van der Waals surface area contributed by atoms with Crippen molar-refractivity contribution in [3.8, 4) is 0 Å². The quantitative estimate of drug-likeness (QED) is 0.538. The molecule has 8 atom stereocenters. The Morgan fingerprint density at radius 2 is 1.19 bits per heavy atom. The SMILES string of the molecule is CC1(C)[C@]2(C)[C@H]3[C@@H]4[C@@H]5CCC[C@@H]5[C@@H]4[C@H]3[C@]12C. The van der Waals surface area contributed by atoms with E-state index in [0.29, 0.717) is 5.41 Å². The second kappa shape index (κ2) is 1.93. The number of rotatable bonds is 0. The minimum Gasteiger partial charge on any atom is -0.0588 e. The van der Waals surface area contributed by atoms with E-state index in [1.807, 2.05) is 0 Å². The molecule has 0 aliphatic heterocycles. The van der Waals surface area contributed by atoms with Crippen molar-refractivity contribution in [3.63, 3.8) is 0 Å². The molecule has 0 heteroatoms. The summed E-state index contributed by atoms with van der Waals surface area (Å²) < 4.78 is 0. The standard InChI is InChI=1S/C16H24/c1-14(2)15(3)12-10-8-6-5-7-9(8)11(10)13(12)16(14,15)4/h8-13H,5-7H2,1-4H3/t8-,9+,10-,11+,12+,13-,15+,16-. The first-order valence-electron chi connectivity index (χ1n) is 7.48. The van der Waals surface area contributed by atoms with E-state index in [0.717, 1.165) is 22.7 Å². The lowest BCUT2D eigenvalue weighted by atomic mass is 9.28. The maximum Gasteiger partial charge on any atom is -0.0173 e. The summed E-state index contributed by atoms with van der Waals surface area (Å²) in [5.74, 6) is 7.05. The summed E-state index contributed by atoms with van der Waals surface area (Å²) in [6.45, 7) is 10.3. The number of fused-ring (bicyclic) bond motifs is 10. The Morgan fingerprint density at radius 3 is 1.62 bits per heavy atom. The van der Waals surface area contributed by atoms with Crippen LogP contribution in [0.4, 0.5) is 0 Å². The van der Waals surface area contributed by atoms with Crippen molar-refractivity contribution < 1.29 is 0 Å². The van der Waals surface area contributed by atoms with Crippen LogP contribution in [0.3, 0.4) is 0 Å². The van der Waals surface area contributed by atoms with Gasteiger partial charge in [0.1, 0.15) is 0 Å². The van der Waals surface area contributed by atoms with Crippen molar-refractivity contribution >= 4 is 0 Å². The summed E-state index contributed by atoms with van der Waals surface area (Å²) in [6.07, 6.45) is 4.73. The van der Waals surface area contributed by atoms with Crippen LogP contribution < -0.4 is 0 Å². The Labute approximate surface area is 99.2 Å². The fourth-order valence-electron chi connectivity index (χ4n) is 8.08. The van der Waals surface area contributed by atoms with Gasteiger partial charge in [-0.1, -0.05) is 34.1 Å². The fraction of sp³-hybridized carbons (Fsp3) is 1.00. The average Bonchev–Trinajstić information content (AvgIpc) is 2.58. The molecule has 5 rings (SSSR count). The number of hydrogen-bond donors (Lipinski definition) is 0. The van der Waals surface area contributed by atoms with Gasteiger partial charge in [0, 0.05) is 0 Å². The Kier molecular flexibility index (Phi) is 1.09. The van der Waals surface area contributed by atoms with E-state index in [9.17, 15) is 0 Å². The highest BCUT2D eigenvalue weighted by Gasteiger charge is 2.97. The lowest BCUT2D eigenvalue weighted by Crippen LogP contribution is -2.72. The van der Waals surface area contributed by atoms with Gasteiger partial charge in [0.05, 0.1) is 0 Å². The molecule has 0 amide bonds. The first-order chi connectivity index (χ1) is 7.48. The molecule has 5 fully saturated rings. The molecule has 0 heterocycles. The lowest BCUT2D eigenvalue weighted by molar-refractivity contribution is -0.294. The minimum atomic E-state index is 0.654. The van der Waals surface area contributed by atoms with Crippen LogP contribution in [0.2, 0.25) is 0 Å². The summed E-state index contributed by atoms with van der Waals surface area (Å²) in [6, 6.07) is 0. The molecule has 5 aliphatic carbocycles. The molecular formula is C16H24. The van der Waals surface area contributed by atoms with E-state index in [1.54, 1.807) is 19.3 Å². The smallest absolute Gasteiger partial charge is 0.0173 e. The van der Waals surface area contributed by atoms with Gasteiger partial charge < -0.3 is 0 Å². The van der Waals surface area contributed by atoms with Crippen LogP contribution in [-0.2, 0) is 0 Å². The van der Waals surface area contributed by atoms with Gasteiger partial charge in [0.15, 0.2) is 0 Å². The molecule has 5 saturated carbocycles. The molecule has 0 spiro atoms. The van der Waals surface area contributed by atoms with Crippen LogP contribution >= 0.6 is 0 Å². The van der Waals surface area contributed by atoms with E-state index in [2.05, 4.69) is 27.7 Å². The zero-order valence-corrected chi connectivity index (χ0v) is 11.1. The third-order valence-electron chi connectivity index (χ3n) is 9.22. The van der Waals surface area contributed by atoms with E-state index in [1.165, 1.54) is 23.7 Å². The normalized spacial score (nSPS) is 75.8. The predicted molar refractivity (Wildman–Crippen MR) is 64.8 cm³/mol. The monoisotopic (exact) mass is 216 g/mol. The average molecular weight is 216 g/mol. The Morgan fingerprint density at radius 1 is 0.750 bits per heavy atom. The van der Waals surface area contributed by atoms with Crippen LogP contribution in [0.15, 0.2) is 0 Å². The molecule has 0 N–H and O–H groups in total. The highest BCUT2D eigenvalue weighted by atomic mass is 15.0. The molecule has 0 nitrogen and oxygen atoms in total. The van der Waals surface area contributed by atoms with Gasteiger partial charge >= 0.3 is 0 Å². The molecule has 0 aromatic rings. The maximum absolute atomic E-state index is 2.62. The van der Waals surface area contributed by atoms with Crippen molar-refractivity contribution in [2.24, 2.45) is 51.8 Å². The fourth-order valence-corrected chi connectivity index (χ4v) is 8.08. The lowest BCUT2D eigenvalue weighted by Gasteiger charge is -2.76. The molecule has 0 aromatic carbocycles. The van der Waals surface area contributed by atoms with Gasteiger partial charge in [-0.15, -0.1) is 0 Å². The Balaban J connectivity index is 1.57. The zero-order valence-electron chi connectivity index (χ0n) is 11.1. The van der Waals surface area contributed by atoms with E-state index < -0.39 is 0 Å². The van der Waals surface area contributed by atoms with Crippen molar-refractivity contribution in [2.45, 2.75) is 47.0 Å². The number of hydrogen-bond acceptors (Lipinski definition) is 0. The summed E-state index contributed by atoms with van der Waals surface area (Å²) in [5.41, 5.74) is 2.12. The van der Waals surface area contributed by atoms with Gasteiger partial charge in [0.25, 0.3) is 0 Å². The van der Waals surface area contributed by atoms with Crippen LogP contribution in [0.1, 0.15) is 47.0 Å². The van der Waals surface area contributed by atoms with Gasteiger partial charge in [-0.25, -0.2) is 0 Å². The van der Waals surface area contributed by atoms with E-state index >= 15 is 0 Å². The van der Waals surface area contributed by atoms with Gasteiger partial charge in [-0.3, -0.25) is 0 Å². The molecule has 5 aliphatic rings. The van der Waals surface area contributed by atoms with Crippen molar-refractivity contribution in [1.29, 1.82) is 0 Å². The highest BCUT2D eigenvalue weighted by Crippen LogP contribution is 3.01. The Bertz CT molecular complexity index is 372. The second-order valence-electron chi connectivity index (χ2n) is 8.49. The second-order valence-corrected chi connectivity index (χ2v) is 8.49. The first kappa shape index (κ1) is 9.00. The van der Waals surface area contributed by atoms with Crippen LogP contribution in [-0.4, -0.2) is 0 Å². The zero-order chi connectivity index (χ0) is 11.1. The summed E-state index contributed by atoms with van der Waals surface area (Å²) in [7, 11) is 0. The molecule has 0 saturated heterocycles. The summed E-state index contributed by atoms with van der Waals surface area (Å²) >= 11 is 0. The van der Waals surface area contributed by atoms with Gasteiger partial charge in [-0.05, 0) is 64.6 Å². The third kappa shape index (κ3) is 0.469. The third-order valence-corrected chi connectivity index (χ3v) is 9.22. The molecule has 16 heavy (non-hydrogen) atoms. The van der Waals surface area contributed by atoms with Gasteiger partial charge in [-0.2, -0.15) is 0 Å². The molecule has 0 bridgehead atoms.